The van der Waals surface area contributed by atoms with Gasteiger partial charge in [0.25, 0.3) is 0 Å². The van der Waals surface area contributed by atoms with Gasteiger partial charge in [0.2, 0.25) is 0 Å². The van der Waals surface area contributed by atoms with Gasteiger partial charge in [0.15, 0.2) is 0 Å². The molecule has 0 saturated heterocycles. The van der Waals surface area contributed by atoms with Crippen LogP contribution in [-0.4, -0.2) is 35.5 Å². The van der Waals surface area contributed by atoms with Crippen LogP contribution in [0.5, 0.6) is 0 Å². The molecule has 4 heteroatoms. The molecule has 2 N–H and O–H groups in total. The predicted molar refractivity (Wildman–Crippen MR) is 87.6 cm³/mol. The Balaban J connectivity index is 1.87. The van der Waals surface area contributed by atoms with E-state index in [-0.39, 0.29) is 6.03 Å². The fourth-order valence-corrected chi connectivity index (χ4v) is 2.61. The van der Waals surface area contributed by atoms with Crippen LogP contribution in [0.2, 0.25) is 0 Å². The minimum Gasteiger partial charge on any atom is -0.361 e. The maximum absolute atomic E-state index is 12.1. The van der Waals surface area contributed by atoms with E-state index in [2.05, 4.69) is 36.3 Å². The molecule has 21 heavy (non-hydrogen) atoms. The molecular formula is C17H25N3O. The van der Waals surface area contributed by atoms with Gasteiger partial charge in [-0.1, -0.05) is 32.0 Å². The van der Waals surface area contributed by atoms with Crippen molar-refractivity contribution in [3.8, 4) is 0 Å². The van der Waals surface area contributed by atoms with Crippen molar-refractivity contribution in [3.63, 3.8) is 0 Å². The molecule has 0 radical (unpaired) electrons. The number of urea groups is 1. The summed E-state index contributed by atoms with van der Waals surface area (Å²) in [4.78, 5) is 17.3. The van der Waals surface area contributed by atoms with Crippen LogP contribution in [0.3, 0.4) is 0 Å². The molecule has 0 bridgehead atoms. The molecule has 2 amide bonds. The molecule has 0 aliphatic carbocycles. The second kappa shape index (κ2) is 7.72. The van der Waals surface area contributed by atoms with E-state index in [0.717, 1.165) is 37.9 Å². The van der Waals surface area contributed by atoms with E-state index < -0.39 is 0 Å². The number of para-hydroxylation sites is 1. The molecule has 2 rings (SSSR count). The van der Waals surface area contributed by atoms with Crippen molar-refractivity contribution in [2.24, 2.45) is 0 Å². The molecule has 1 aromatic heterocycles. The Morgan fingerprint density at radius 2 is 1.90 bits per heavy atom. The number of H-pyrrole nitrogens is 1. The van der Waals surface area contributed by atoms with Crippen molar-refractivity contribution in [1.29, 1.82) is 0 Å². The van der Waals surface area contributed by atoms with E-state index >= 15 is 0 Å². The van der Waals surface area contributed by atoms with Gasteiger partial charge in [-0.3, -0.25) is 0 Å². The Kier molecular flexibility index (Phi) is 5.67. The lowest BCUT2D eigenvalue weighted by Gasteiger charge is -2.21. The summed E-state index contributed by atoms with van der Waals surface area (Å²) in [5, 5.41) is 4.27. The highest BCUT2D eigenvalue weighted by Crippen LogP contribution is 2.17. The summed E-state index contributed by atoms with van der Waals surface area (Å²) in [6.07, 6.45) is 4.88. The summed E-state index contributed by atoms with van der Waals surface area (Å²) < 4.78 is 0. The zero-order valence-corrected chi connectivity index (χ0v) is 13.0. The number of aromatic nitrogens is 1. The molecule has 0 unspecified atom stereocenters. The van der Waals surface area contributed by atoms with E-state index in [1.165, 1.54) is 10.9 Å². The third-order valence-electron chi connectivity index (χ3n) is 3.62. The van der Waals surface area contributed by atoms with Crippen molar-refractivity contribution in [2.45, 2.75) is 33.1 Å². The molecule has 0 fully saturated rings. The number of carbonyl (C=O) groups is 1. The Morgan fingerprint density at radius 1 is 1.19 bits per heavy atom. The van der Waals surface area contributed by atoms with Crippen LogP contribution in [0.25, 0.3) is 10.9 Å². The first-order chi connectivity index (χ1) is 10.3. The van der Waals surface area contributed by atoms with Gasteiger partial charge in [0.1, 0.15) is 0 Å². The van der Waals surface area contributed by atoms with Crippen molar-refractivity contribution in [1.82, 2.24) is 15.2 Å². The van der Waals surface area contributed by atoms with E-state index in [1.54, 1.807) is 0 Å². The lowest BCUT2D eigenvalue weighted by atomic mass is 10.1. The van der Waals surface area contributed by atoms with E-state index in [0.29, 0.717) is 6.54 Å². The molecule has 1 aromatic carbocycles. The normalized spacial score (nSPS) is 10.8. The maximum Gasteiger partial charge on any atom is 0.317 e. The Hall–Kier alpha value is -1.97. The van der Waals surface area contributed by atoms with Crippen LogP contribution in [0.4, 0.5) is 4.79 Å². The summed E-state index contributed by atoms with van der Waals surface area (Å²) in [5.74, 6) is 0. The number of fused-ring (bicyclic) bond motifs is 1. The van der Waals surface area contributed by atoms with Crippen LogP contribution >= 0.6 is 0 Å². The minimum absolute atomic E-state index is 0.0542. The van der Waals surface area contributed by atoms with E-state index in [4.69, 9.17) is 0 Å². The molecule has 0 aliphatic rings. The third kappa shape index (κ3) is 4.00. The van der Waals surface area contributed by atoms with Gasteiger partial charge in [-0.05, 0) is 30.9 Å². The number of nitrogens with zero attached hydrogens (tertiary/aromatic N) is 1. The largest absolute Gasteiger partial charge is 0.361 e. The van der Waals surface area contributed by atoms with Gasteiger partial charge in [-0.2, -0.15) is 0 Å². The smallest absolute Gasteiger partial charge is 0.317 e. The molecule has 0 aliphatic heterocycles. The van der Waals surface area contributed by atoms with Crippen molar-refractivity contribution in [3.05, 3.63) is 36.0 Å². The van der Waals surface area contributed by atoms with Crippen LogP contribution in [0.1, 0.15) is 32.3 Å². The van der Waals surface area contributed by atoms with Crippen LogP contribution < -0.4 is 5.32 Å². The number of hydrogen-bond donors (Lipinski definition) is 2. The molecule has 4 nitrogen and oxygen atoms in total. The summed E-state index contributed by atoms with van der Waals surface area (Å²) in [6.45, 7) is 6.52. The molecule has 0 saturated carbocycles. The predicted octanol–water partition coefficient (Wildman–Crippen LogP) is 3.54. The Labute approximate surface area is 126 Å². The zero-order valence-electron chi connectivity index (χ0n) is 13.0. The first kappa shape index (κ1) is 15.4. The quantitative estimate of drug-likeness (QED) is 0.804. The highest BCUT2D eigenvalue weighted by atomic mass is 16.2. The molecular weight excluding hydrogens is 262 g/mol. The Bertz CT molecular complexity index is 570. The second-order valence-corrected chi connectivity index (χ2v) is 5.33. The first-order valence-electron chi connectivity index (χ1n) is 7.84. The van der Waals surface area contributed by atoms with Crippen LogP contribution in [0.15, 0.2) is 30.5 Å². The standard InChI is InChI=1S/C17H25N3O/c1-3-11-20(12-4-2)17(21)18-10-9-14-13-19-16-8-6-5-7-15(14)16/h5-8,13,19H,3-4,9-12H2,1-2H3,(H,18,21). The highest BCUT2D eigenvalue weighted by molar-refractivity contribution is 5.83. The number of hydrogen-bond acceptors (Lipinski definition) is 1. The monoisotopic (exact) mass is 287 g/mol. The molecule has 1 heterocycles. The first-order valence-corrected chi connectivity index (χ1v) is 7.84. The summed E-state index contributed by atoms with van der Waals surface area (Å²) in [5.41, 5.74) is 2.40. The molecule has 114 valence electrons. The van der Waals surface area contributed by atoms with Gasteiger partial charge in [-0.15, -0.1) is 0 Å². The molecule has 2 aromatic rings. The van der Waals surface area contributed by atoms with E-state index in [9.17, 15) is 4.79 Å². The summed E-state index contributed by atoms with van der Waals surface area (Å²) in [7, 11) is 0. The average molecular weight is 287 g/mol. The lowest BCUT2D eigenvalue weighted by molar-refractivity contribution is 0.198. The average Bonchev–Trinajstić information content (AvgIpc) is 2.90. The maximum atomic E-state index is 12.1. The Morgan fingerprint density at radius 3 is 2.62 bits per heavy atom. The minimum atomic E-state index is 0.0542. The fourth-order valence-electron chi connectivity index (χ4n) is 2.61. The lowest BCUT2D eigenvalue weighted by Crippen LogP contribution is -2.41. The molecule has 0 spiro atoms. The third-order valence-corrected chi connectivity index (χ3v) is 3.62. The second-order valence-electron chi connectivity index (χ2n) is 5.33. The number of amides is 2. The SMILES string of the molecule is CCCN(CCC)C(=O)NCCc1c[nH]c2ccccc12. The molecule has 0 atom stereocenters. The van der Waals surface area contributed by atoms with Crippen molar-refractivity contribution < 1.29 is 4.79 Å². The summed E-state index contributed by atoms with van der Waals surface area (Å²) >= 11 is 0. The van der Waals surface area contributed by atoms with Gasteiger partial charge in [0.05, 0.1) is 0 Å². The van der Waals surface area contributed by atoms with E-state index in [1.807, 2.05) is 23.2 Å². The fraction of sp³-hybridized carbons (Fsp3) is 0.471. The number of aromatic amines is 1. The zero-order chi connectivity index (χ0) is 15.1. The van der Waals surface area contributed by atoms with Crippen LogP contribution in [0, 0.1) is 0 Å². The summed E-state index contributed by atoms with van der Waals surface area (Å²) in [6, 6.07) is 8.31. The topological polar surface area (TPSA) is 48.1 Å². The van der Waals surface area contributed by atoms with Gasteiger partial charge >= 0.3 is 6.03 Å². The number of benzene rings is 1. The number of nitrogens with one attached hydrogen (secondary N) is 2. The highest BCUT2D eigenvalue weighted by Gasteiger charge is 2.11. The van der Waals surface area contributed by atoms with Gasteiger partial charge in [0, 0.05) is 36.7 Å². The van der Waals surface area contributed by atoms with Gasteiger partial charge < -0.3 is 15.2 Å². The van der Waals surface area contributed by atoms with Gasteiger partial charge in [-0.25, -0.2) is 4.79 Å². The van der Waals surface area contributed by atoms with Crippen molar-refractivity contribution >= 4 is 16.9 Å². The van der Waals surface area contributed by atoms with Crippen molar-refractivity contribution in [2.75, 3.05) is 19.6 Å². The number of rotatable bonds is 7. The van der Waals surface area contributed by atoms with Crippen LogP contribution in [-0.2, 0) is 6.42 Å². The number of carbonyl (C=O) groups excluding carboxylic acids is 1.